The van der Waals surface area contributed by atoms with E-state index in [1.165, 1.54) is 0 Å². The maximum absolute atomic E-state index is 10.1. The molecule has 0 amide bonds. The first-order valence-electron chi connectivity index (χ1n) is 3.70. The van der Waals surface area contributed by atoms with Crippen molar-refractivity contribution in [3.8, 4) is 0 Å². The first kappa shape index (κ1) is 11.2. The second kappa shape index (κ2) is 4.99. The number of hydrogen-bond acceptors (Lipinski definition) is 1. The van der Waals surface area contributed by atoms with Crippen LogP contribution in [0.4, 0.5) is 0 Å². The van der Waals surface area contributed by atoms with E-state index in [1.54, 1.807) is 12.2 Å². The topological polar surface area (TPSA) is 37.3 Å². The molecular formula is C9H13ClO2. The fourth-order valence-electron chi connectivity index (χ4n) is 0.652. The van der Waals surface area contributed by atoms with E-state index < -0.39 is 10.8 Å². The van der Waals surface area contributed by atoms with E-state index in [1.807, 2.05) is 6.92 Å². The molecule has 0 aromatic heterocycles. The van der Waals surface area contributed by atoms with Crippen molar-refractivity contribution < 1.29 is 9.90 Å². The quantitative estimate of drug-likeness (QED) is 0.409. The van der Waals surface area contributed by atoms with Gasteiger partial charge in [0.15, 0.2) is 0 Å². The number of allylic oxidation sites excluding steroid dienone is 2. The lowest BCUT2D eigenvalue weighted by Crippen LogP contribution is -2.10. The number of carbonyl (C=O) groups is 1. The number of rotatable bonds is 5. The first-order chi connectivity index (χ1) is 5.48. The predicted molar refractivity (Wildman–Crippen MR) is 50.5 cm³/mol. The van der Waals surface area contributed by atoms with Crippen molar-refractivity contribution >= 4 is 17.6 Å². The highest BCUT2D eigenvalue weighted by Crippen LogP contribution is 2.21. The smallest absolute Gasteiger partial charge is 0.327 e. The van der Waals surface area contributed by atoms with Gasteiger partial charge in [0.05, 0.1) is 4.87 Å². The second-order valence-electron chi connectivity index (χ2n) is 2.76. The van der Waals surface area contributed by atoms with Crippen LogP contribution in [0.3, 0.4) is 0 Å². The summed E-state index contributed by atoms with van der Waals surface area (Å²) in [4.78, 5) is 9.63. The van der Waals surface area contributed by atoms with E-state index in [0.717, 1.165) is 6.08 Å². The Bertz CT molecular complexity index is 195. The van der Waals surface area contributed by atoms with Gasteiger partial charge in [-0.15, -0.1) is 18.2 Å². The largest absolute Gasteiger partial charge is 0.478 e. The minimum absolute atomic E-state index is 0.428. The van der Waals surface area contributed by atoms with E-state index in [0.29, 0.717) is 12.8 Å². The molecule has 0 fully saturated rings. The van der Waals surface area contributed by atoms with Gasteiger partial charge >= 0.3 is 5.97 Å². The van der Waals surface area contributed by atoms with Crippen LogP contribution in [-0.2, 0) is 4.79 Å². The molecule has 0 bridgehead atoms. The van der Waals surface area contributed by atoms with E-state index >= 15 is 0 Å². The molecule has 1 N–H and O–H groups in total. The van der Waals surface area contributed by atoms with Crippen molar-refractivity contribution in [2.45, 2.75) is 24.6 Å². The van der Waals surface area contributed by atoms with Gasteiger partial charge in [-0.25, -0.2) is 4.79 Å². The normalized spacial score (nSPS) is 15.8. The van der Waals surface area contributed by atoms with Gasteiger partial charge in [0.1, 0.15) is 0 Å². The van der Waals surface area contributed by atoms with Crippen molar-refractivity contribution in [3.05, 3.63) is 24.8 Å². The molecule has 3 heteroatoms. The monoisotopic (exact) mass is 188 g/mol. The number of alkyl halides is 1. The van der Waals surface area contributed by atoms with Crippen LogP contribution in [0, 0.1) is 0 Å². The van der Waals surface area contributed by atoms with Crippen molar-refractivity contribution in [2.75, 3.05) is 0 Å². The molecule has 12 heavy (non-hydrogen) atoms. The zero-order valence-electron chi connectivity index (χ0n) is 7.09. The van der Waals surface area contributed by atoms with Gasteiger partial charge < -0.3 is 5.11 Å². The zero-order valence-corrected chi connectivity index (χ0v) is 7.84. The highest BCUT2D eigenvalue weighted by atomic mass is 35.5. The predicted octanol–water partition coefficient (Wildman–Crippen LogP) is 2.59. The third-order valence-corrected chi connectivity index (χ3v) is 1.83. The molecule has 1 atom stereocenters. The molecule has 0 aliphatic rings. The maximum atomic E-state index is 10.1. The summed E-state index contributed by atoms with van der Waals surface area (Å²) in [5, 5.41) is 8.26. The summed E-state index contributed by atoms with van der Waals surface area (Å²) < 4.78 is 0. The van der Waals surface area contributed by atoms with Crippen LogP contribution in [0.1, 0.15) is 19.8 Å². The molecule has 0 aromatic rings. The van der Waals surface area contributed by atoms with Gasteiger partial charge in [0, 0.05) is 6.08 Å². The van der Waals surface area contributed by atoms with Crippen LogP contribution in [0.25, 0.3) is 0 Å². The summed E-state index contributed by atoms with van der Waals surface area (Å²) in [6, 6.07) is 0. The Kier molecular flexibility index (Phi) is 4.67. The van der Waals surface area contributed by atoms with E-state index in [-0.39, 0.29) is 0 Å². The Morgan fingerprint density at radius 3 is 2.75 bits per heavy atom. The van der Waals surface area contributed by atoms with E-state index in [9.17, 15) is 4.79 Å². The third-order valence-electron chi connectivity index (χ3n) is 1.49. The van der Waals surface area contributed by atoms with Crippen LogP contribution in [0.5, 0.6) is 0 Å². The lowest BCUT2D eigenvalue weighted by molar-refractivity contribution is -0.131. The summed E-state index contributed by atoms with van der Waals surface area (Å²) in [5.41, 5.74) is 0. The highest BCUT2D eigenvalue weighted by molar-refractivity contribution is 6.24. The van der Waals surface area contributed by atoms with Crippen LogP contribution < -0.4 is 0 Å². The van der Waals surface area contributed by atoms with Gasteiger partial charge in [0.2, 0.25) is 0 Å². The second-order valence-corrected chi connectivity index (χ2v) is 3.62. The third kappa shape index (κ3) is 5.98. The minimum atomic E-state index is -0.926. The SMILES string of the molecule is C=CC(C)(Cl)CCC=CC(=O)O. The summed E-state index contributed by atoms with van der Waals surface area (Å²) in [7, 11) is 0. The van der Waals surface area contributed by atoms with Crippen molar-refractivity contribution in [1.82, 2.24) is 0 Å². The lowest BCUT2D eigenvalue weighted by Gasteiger charge is -2.14. The standard InChI is InChI=1S/C9H13ClO2/c1-3-9(2,10)7-5-4-6-8(11)12/h3-4,6H,1,5,7H2,2H3,(H,11,12). The van der Waals surface area contributed by atoms with Crippen LogP contribution in [0.15, 0.2) is 24.8 Å². The molecule has 0 saturated carbocycles. The Balaban J connectivity index is 3.70. The number of aliphatic carboxylic acids is 1. The molecule has 0 aromatic carbocycles. The van der Waals surface area contributed by atoms with Gasteiger partial charge in [0.25, 0.3) is 0 Å². The Morgan fingerprint density at radius 2 is 2.33 bits per heavy atom. The lowest BCUT2D eigenvalue weighted by atomic mass is 10.1. The van der Waals surface area contributed by atoms with Gasteiger partial charge in [-0.1, -0.05) is 12.2 Å². The van der Waals surface area contributed by atoms with Gasteiger partial charge in [-0.2, -0.15) is 0 Å². The number of carboxylic acid groups (broad SMARTS) is 1. The van der Waals surface area contributed by atoms with Crippen LogP contribution >= 0.6 is 11.6 Å². The molecule has 0 aliphatic carbocycles. The Labute approximate surface area is 77.5 Å². The van der Waals surface area contributed by atoms with Gasteiger partial charge in [-0.05, 0) is 19.8 Å². The van der Waals surface area contributed by atoms with Gasteiger partial charge in [-0.3, -0.25) is 0 Å². The first-order valence-corrected chi connectivity index (χ1v) is 4.08. The van der Waals surface area contributed by atoms with E-state index in [4.69, 9.17) is 16.7 Å². The molecule has 0 spiro atoms. The van der Waals surface area contributed by atoms with Crippen molar-refractivity contribution in [2.24, 2.45) is 0 Å². The summed E-state index contributed by atoms with van der Waals surface area (Å²) >= 11 is 5.94. The molecular weight excluding hydrogens is 176 g/mol. The Hall–Kier alpha value is -0.760. The fourth-order valence-corrected chi connectivity index (χ4v) is 0.761. The average molecular weight is 189 g/mol. The van der Waals surface area contributed by atoms with Crippen LogP contribution in [0.2, 0.25) is 0 Å². The molecule has 0 radical (unpaired) electrons. The minimum Gasteiger partial charge on any atom is -0.478 e. The molecule has 68 valence electrons. The van der Waals surface area contributed by atoms with E-state index in [2.05, 4.69) is 6.58 Å². The molecule has 1 unspecified atom stereocenters. The molecule has 0 heterocycles. The molecule has 0 aliphatic heterocycles. The average Bonchev–Trinajstić information content (AvgIpc) is 1.98. The van der Waals surface area contributed by atoms with Crippen molar-refractivity contribution in [1.29, 1.82) is 0 Å². The molecule has 2 nitrogen and oxygen atoms in total. The zero-order chi connectivity index (χ0) is 9.61. The highest BCUT2D eigenvalue weighted by Gasteiger charge is 2.13. The number of hydrogen-bond donors (Lipinski definition) is 1. The Morgan fingerprint density at radius 1 is 1.75 bits per heavy atom. The number of halogens is 1. The summed E-state index contributed by atoms with van der Waals surface area (Å²) in [5.74, 6) is -0.926. The summed E-state index contributed by atoms with van der Waals surface area (Å²) in [6.07, 6.45) is 5.71. The maximum Gasteiger partial charge on any atom is 0.327 e. The van der Waals surface area contributed by atoms with Crippen molar-refractivity contribution in [3.63, 3.8) is 0 Å². The number of carboxylic acids is 1. The molecule has 0 saturated heterocycles. The fraction of sp³-hybridized carbons (Fsp3) is 0.444. The summed E-state index contributed by atoms with van der Waals surface area (Å²) in [6.45, 7) is 5.42. The molecule has 0 rings (SSSR count). The van der Waals surface area contributed by atoms with Crippen LogP contribution in [-0.4, -0.2) is 16.0 Å².